The SMILES string of the molecule is O=C(O)c1ccc(O)c(NC(=O)C(F)(F)C(F)F)c1. The van der Waals surface area contributed by atoms with E-state index in [1.54, 1.807) is 0 Å². The van der Waals surface area contributed by atoms with Crippen molar-refractivity contribution in [2.24, 2.45) is 0 Å². The first kappa shape index (κ1) is 14.7. The minimum Gasteiger partial charge on any atom is -0.506 e. The van der Waals surface area contributed by atoms with Crippen LogP contribution in [0.1, 0.15) is 10.4 Å². The van der Waals surface area contributed by atoms with Crippen LogP contribution in [-0.4, -0.2) is 34.4 Å². The first-order valence-electron chi connectivity index (χ1n) is 4.70. The number of phenolic OH excluding ortho intramolecular Hbond substituents is 1. The fourth-order valence-corrected chi connectivity index (χ4v) is 1.07. The van der Waals surface area contributed by atoms with Crippen LogP contribution in [0.25, 0.3) is 0 Å². The fraction of sp³-hybridized carbons (Fsp3) is 0.200. The van der Waals surface area contributed by atoms with Gasteiger partial charge >= 0.3 is 24.2 Å². The minimum atomic E-state index is -4.95. The third-order valence-corrected chi connectivity index (χ3v) is 2.07. The monoisotopic (exact) mass is 281 g/mol. The molecule has 0 aliphatic heterocycles. The molecule has 1 aromatic carbocycles. The Morgan fingerprint density at radius 2 is 1.84 bits per heavy atom. The zero-order chi connectivity index (χ0) is 14.8. The zero-order valence-electron chi connectivity index (χ0n) is 9.03. The molecule has 9 heteroatoms. The Hall–Kier alpha value is -2.32. The number of phenols is 1. The van der Waals surface area contributed by atoms with E-state index in [0.717, 1.165) is 12.1 Å². The molecule has 0 radical (unpaired) electrons. The van der Waals surface area contributed by atoms with Crippen molar-refractivity contribution in [3.63, 3.8) is 0 Å². The summed E-state index contributed by atoms with van der Waals surface area (Å²) in [5.41, 5.74) is -1.13. The summed E-state index contributed by atoms with van der Waals surface area (Å²) in [7, 11) is 0. The Bertz CT molecular complexity index is 518. The number of amides is 1. The number of rotatable bonds is 4. The summed E-state index contributed by atoms with van der Waals surface area (Å²) in [5.74, 6) is -9.48. The van der Waals surface area contributed by atoms with Crippen LogP contribution in [0.4, 0.5) is 23.2 Å². The van der Waals surface area contributed by atoms with Gasteiger partial charge in [0.2, 0.25) is 0 Å². The predicted molar refractivity (Wildman–Crippen MR) is 54.6 cm³/mol. The normalized spacial score (nSPS) is 11.4. The second kappa shape index (κ2) is 5.12. The van der Waals surface area contributed by atoms with Gasteiger partial charge in [-0.3, -0.25) is 4.79 Å². The number of alkyl halides is 4. The maximum atomic E-state index is 12.7. The van der Waals surface area contributed by atoms with Crippen molar-refractivity contribution in [2.45, 2.75) is 12.3 Å². The molecule has 104 valence electrons. The van der Waals surface area contributed by atoms with Crippen LogP contribution in [0.2, 0.25) is 0 Å². The smallest absolute Gasteiger partial charge is 0.383 e. The molecule has 0 aliphatic rings. The molecule has 1 amide bonds. The van der Waals surface area contributed by atoms with Crippen LogP contribution >= 0.6 is 0 Å². The lowest BCUT2D eigenvalue weighted by Gasteiger charge is -2.15. The van der Waals surface area contributed by atoms with Crippen molar-refractivity contribution in [3.8, 4) is 5.75 Å². The summed E-state index contributed by atoms with van der Waals surface area (Å²) in [4.78, 5) is 21.5. The topological polar surface area (TPSA) is 86.6 Å². The van der Waals surface area contributed by atoms with E-state index in [0.29, 0.717) is 6.07 Å². The van der Waals surface area contributed by atoms with Crippen molar-refractivity contribution < 1.29 is 37.4 Å². The minimum absolute atomic E-state index is 0.423. The molecular weight excluding hydrogens is 274 g/mol. The molecule has 0 aromatic heterocycles. The highest BCUT2D eigenvalue weighted by atomic mass is 19.3. The molecule has 0 bridgehead atoms. The average Bonchev–Trinajstić information content (AvgIpc) is 2.31. The molecule has 1 aromatic rings. The maximum Gasteiger partial charge on any atom is 0.383 e. The van der Waals surface area contributed by atoms with Gasteiger partial charge in [0.15, 0.2) is 0 Å². The molecule has 0 fully saturated rings. The Labute approximate surface area is 103 Å². The second-order valence-corrected chi connectivity index (χ2v) is 3.41. The summed E-state index contributed by atoms with van der Waals surface area (Å²) in [6.45, 7) is 0. The van der Waals surface area contributed by atoms with E-state index in [1.165, 1.54) is 5.32 Å². The van der Waals surface area contributed by atoms with Gasteiger partial charge in [-0.25, -0.2) is 13.6 Å². The van der Waals surface area contributed by atoms with E-state index in [2.05, 4.69) is 0 Å². The Kier molecular flexibility index (Phi) is 3.98. The number of aromatic hydroxyl groups is 1. The van der Waals surface area contributed by atoms with E-state index in [-0.39, 0.29) is 0 Å². The number of aromatic carboxylic acids is 1. The van der Waals surface area contributed by atoms with Crippen molar-refractivity contribution in [3.05, 3.63) is 23.8 Å². The van der Waals surface area contributed by atoms with E-state index >= 15 is 0 Å². The number of halogens is 4. The van der Waals surface area contributed by atoms with Gasteiger partial charge in [0, 0.05) is 0 Å². The van der Waals surface area contributed by atoms with E-state index in [1.807, 2.05) is 0 Å². The lowest BCUT2D eigenvalue weighted by Crippen LogP contribution is -2.41. The molecular formula is C10H7F4NO4. The Morgan fingerprint density at radius 3 is 2.32 bits per heavy atom. The predicted octanol–water partition coefficient (Wildman–Crippen LogP) is 1.93. The summed E-state index contributed by atoms with van der Waals surface area (Å²) in [6.07, 6.45) is -4.22. The molecule has 19 heavy (non-hydrogen) atoms. The van der Waals surface area contributed by atoms with E-state index < -0.39 is 41.2 Å². The number of hydrogen-bond donors (Lipinski definition) is 3. The number of anilines is 1. The van der Waals surface area contributed by atoms with Gasteiger partial charge in [0.25, 0.3) is 0 Å². The highest BCUT2D eigenvalue weighted by Crippen LogP contribution is 2.29. The van der Waals surface area contributed by atoms with Crippen LogP contribution in [-0.2, 0) is 4.79 Å². The van der Waals surface area contributed by atoms with Crippen LogP contribution in [0.5, 0.6) is 5.75 Å². The van der Waals surface area contributed by atoms with Gasteiger partial charge in [0.05, 0.1) is 11.3 Å². The first-order valence-corrected chi connectivity index (χ1v) is 4.70. The van der Waals surface area contributed by atoms with Gasteiger partial charge in [-0.1, -0.05) is 0 Å². The lowest BCUT2D eigenvalue weighted by molar-refractivity contribution is -0.163. The molecule has 1 rings (SSSR count). The van der Waals surface area contributed by atoms with Crippen molar-refractivity contribution in [1.82, 2.24) is 0 Å². The molecule has 0 unspecified atom stereocenters. The number of carboxylic acid groups (broad SMARTS) is 1. The van der Waals surface area contributed by atoms with Crippen LogP contribution in [0.15, 0.2) is 18.2 Å². The molecule has 0 heterocycles. The maximum absolute atomic E-state index is 12.7. The number of carboxylic acids is 1. The molecule has 0 atom stereocenters. The van der Waals surface area contributed by atoms with Crippen molar-refractivity contribution in [2.75, 3.05) is 5.32 Å². The molecule has 0 saturated heterocycles. The first-order chi connectivity index (χ1) is 8.66. The second-order valence-electron chi connectivity index (χ2n) is 3.41. The summed E-state index contributed by atoms with van der Waals surface area (Å²) in [5, 5.41) is 19.2. The highest BCUT2D eigenvalue weighted by molar-refractivity contribution is 5.99. The fourth-order valence-electron chi connectivity index (χ4n) is 1.07. The third kappa shape index (κ3) is 3.12. The molecule has 0 spiro atoms. The summed E-state index contributed by atoms with van der Waals surface area (Å²) in [6, 6.07) is 2.43. The number of benzene rings is 1. The van der Waals surface area contributed by atoms with Gasteiger partial charge in [-0.05, 0) is 18.2 Å². The largest absolute Gasteiger partial charge is 0.506 e. The Balaban J connectivity index is 3.03. The van der Waals surface area contributed by atoms with Gasteiger partial charge in [0.1, 0.15) is 5.75 Å². The standard InChI is InChI=1S/C10H7F4NO4/c11-8(12)10(13,14)9(19)15-5-3-4(7(17)18)1-2-6(5)16/h1-3,8,16H,(H,15,19)(H,17,18). The number of nitrogens with one attached hydrogen (secondary N) is 1. The lowest BCUT2D eigenvalue weighted by atomic mass is 10.2. The van der Waals surface area contributed by atoms with Crippen molar-refractivity contribution in [1.29, 1.82) is 0 Å². The van der Waals surface area contributed by atoms with Gasteiger partial charge in [-0.2, -0.15) is 8.78 Å². The average molecular weight is 281 g/mol. The van der Waals surface area contributed by atoms with E-state index in [4.69, 9.17) is 5.11 Å². The summed E-state index contributed by atoms with van der Waals surface area (Å²) < 4.78 is 49.1. The van der Waals surface area contributed by atoms with Gasteiger partial charge < -0.3 is 15.5 Å². The van der Waals surface area contributed by atoms with Crippen LogP contribution in [0.3, 0.4) is 0 Å². The number of carbonyl (C=O) groups is 2. The zero-order valence-corrected chi connectivity index (χ0v) is 9.03. The van der Waals surface area contributed by atoms with Crippen LogP contribution in [0, 0.1) is 0 Å². The molecule has 5 nitrogen and oxygen atoms in total. The van der Waals surface area contributed by atoms with Crippen LogP contribution < -0.4 is 5.32 Å². The van der Waals surface area contributed by atoms with Gasteiger partial charge in [-0.15, -0.1) is 0 Å². The highest BCUT2D eigenvalue weighted by Gasteiger charge is 2.49. The molecule has 0 saturated carbocycles. The van der Waals surface area contributed by atoms with E-state index in [9.17, 15) is 32.3 Å². The number of hydrogen-bond acceptors (Lipinski definition) is 3. The Morgan fingerprint density at radius 1 is 1.26 bits per heavy atom. The van der Waals surface area contributed by atoms with Crippen molar-refractivity contribution >= 4 is 17.6 Å². The molecule has 3 N–H and O–H groups in total. The quantitative estimate of drug-likeness (QED) is 0.581. The number of carbonyl (C=O) groups excluding carboxylic acids is 1. The molecule has 0 aliphatic carbocycles. The third-order valence-electron chi connectivity index (χ3n) is 2.07. The summed E-state index contributed by atoms with van der Waals surface area (Å²) >= 11 is 0.